The van der Waals surface area contributed by atoms with E-state index in [1.807, 2.05) is 4.68 Å². The van der Waals surface area contributed by atoms with E-state index in [9.17, 15) is 4.79 Å². The molecule has 1 heterocycles. The number of methoxy groups -OCH3 is 1. The maximum atomic E-state index is 12.1. The van der Waals surface area contributed by atoms with Crippen molar-refractivity contribution < 1.29 is 4.74 Å². The van der Waals surface area contributed by atoms with Crippen molar-refractivity contribution in [1.82, 2.24) is 9.78 Å². The number of hydrogen-bond donors (Lipinski definition) is 1. The summed E-state index contributed by atoms with van der Waals surface area (Å²) in [5.41, 5.74) is 2.18. The fourth-order valence-corrected chi connectivity index (χ4v) is 2.44. The van der Waals surface area contributed by atoms with Crippen LogP contribution in [0.25, 0.3) is 0 Å². The Bertz CT molecular complexity index is 454. The predicted molar refractivity (Wildman–Crippen MR) is 56.0 cm³/mol. The van der Waals surface area contributed by atoms with Crippen LogP contribution in [0.1, 0.15) is 43.5 Å². The van der Waals surface area contributed by atoms with E-state index >= 15 is 0 Å². The Kier molecular flexibility index (Phi) is 1.69. The molecule has 4 heteroatoms. The third-order valence-corrected chi connectivity index (χ3v) is 3.80. The Balaban J connectivity index is 2.10. The quantitative estimate of drug-likeness (QED) is 0.796. The van der Waals surface area contributed by atoms with Crippen LogP contribution in [0.3, 0.4) is 0 Å². The summed E-state index contributed by atoms with van der Waals surface area (Å²) in [5.74, 6) is 0. The molecule has 0 spiro atoms. The highest BCUT2D eigenvalue weighted by atomic mass is 16.5. The number of aromatic amines is 1. The number of hydrogen-bond acceptors (Lipinski definition) is 2. The van der Waals surface area contributed by atoms with Gasteiger partial charge in [0.2, 0.25) is 0 Å². The second kappa shape index (κ2) is 2.76. The molecule has 1 unspecified atom stereocenters. The lowest BCUT2D eigenvalue weighted by atomic mass is 10.3. The zero-order valence-electron chi connectivity index (χ0n) is 9.17. The standard InChI is InChI=1S/C11H16N2O2/c1-11(5-6-11)13-10(14)7-3-4-8(15-2)9(7)12-13/h8,12H,3-6H2,1-2H3. The molecule has 82 valence electrons. The average Bonchev–Trinajstić information content (AvgIpc) is 2.74. The Hall–Kier alpha value is -1.03. The van der Waals surface area contributed by atoms with E-state index in [2.05, 4.69) is 12.0 Å². The van der Waals surface area contributed by atoms with Crippen LogP contribution in [-0.2, 0) is 16.7 Å². The monoisotopic (exact) mass is 208 g/mol. The average molecular weight is 208 g/mol. The molecule has 15 heavy (non-hydrogen) atoms. The predicted octanol–water partition coefficient (Wildman–Crippen LogP) is 1.32. The molecule has 0 saturated heterocycles. The molecule has 4 nitrogen and oxygen atoms in total. The highest BCUT2D eigenvalue weighted by molar-refractivity contribution is 5.26. The minimum atomic E-state index is 0.0553. The van der Waals surface area contributed by atoms with Crippen molar-refractivity contribution in [2.45, 2.75) is 44.2 Å². The van der Waals surface area contributed by atoms with Gasteiger partial charge in [0.25, 0.3) is 5.56 Å². The van der Waals surface area contributed by atoms with Crippen LogP contribution in [0.5, 0.6) is 0 Å². The van der Waals surface area contributed by atoms with Crippen molar-refractivity contribution in [2.24, 2.45) is 0 Å². The van der Waals surface area contributed by atoms with E-state index < -0.39 is 0 Å². The first-order chi connectivity index (χ1) is 7.15. The van der Waals surface area contributed by atoms with Gasteiger partial charge in [-0.25, -0.2) is 4.68 Å². The first kappa shape index (κ1) is 9.21. The van der Waals surface area contributed by atoms with E-state index in [1.165, 1.54) is 0 Å². The SMILES string of the molecule is COC1CCc2c1[nH]n(C1(C)CC1)c2=O. The van der Waals surface area contributed by atoms with E-state index in [0.29, 0.717) is 0 Å². The van der Waals surface area contributed by atoms with Gasteiger partial charge in [-0.15, -0.1) is 0 Å². The molecule has 2 aliphatic rings. The van der Waals surface area contributed by atoms with E-state index in [4.69, 9.17) is 4.74 Å². The van der Waals surface area contributed by atoms with Crippen molar-refractivity contribution >= 4 is 0 Å². The van der Waals surface area contributed by atoms with Gasteiger partial charge in [0, 0.05) is 12.7 Å². The minimum Gasteiger partial charge on any atom is -0.375 e. The number of nitrogens with one attached hydrogen (secondary N) is 1. The third kappa shape index (κ3) is 1.14. The maximum Gasteiger partial charge on any atom is 0.270 e. The van der Waals surface area contributed by atoms with Gasteiger partial charge in [0.1, 0.15) is 0 Å². The van der Waals surface area contributed by atoms with Gasteiger partial charge < -0.3 is 4.74 Å². The van der Waals surface area contributed by atoms with Gasteiger partial charge in [-0.05, 0) is 32.6 Å². The highest BCUT2D eigenvalue weighted by Gasteiger charge is 2.43. The summed E-state index contributed by atoms with van der Waals surface area (Å²) in [4.78, 5) is 12.1. The fraction of sp³-hybridized carbons (Fsp3) is 0.727. The van der Waals surface area contributed by atoms with Crippen LogP contribution in [-0.4, -0.2) is 16.9 Å². The van der Waals surface area contributed by atoms with Crippen molar-refractivity contribution in [3.05, 3.63) is 21.6 Å². The zero-order valence-corrected chi connectivity index (χ0v) is 9.17. The summed E-state index contributed by atoms with van der Waals surface area (Å²) < 4.78 is 7.16. The van der Waals surface area contributed by atoms with Crippen molar-refractivity contribution in [1.29, 1.82) is 0 Å². The van der Waals surface area contributed by atoms with Gasteiger partial charge in [-0.3, -0.25) is 9.89 Å². The Morgan fingerprint density at radius 3 is 2.87 bits per heavy atom. The molecule has 1 N–H and O–H groups in total. The summed E-state index contributed by atoms with van der Waals surface area (Å²) in [7, 11) is 1.70. The molecule has 0 radical (unpaired) electrons. The molecule has 1 saturated carbocycles. The summed E-state index contributed by atoms with van der Waals surface area (Å²) in [6.45, 7) is 2.13. The molecule has 0 amide bonds. The van der Waals surface area contributed by atoms with Gasteiger partial charge in [0.15, 0.2) is 0 Å². The summed E-state index contributed by atoms with van der Waals surface area (Å²) >= 11 is 0. The number of aromatic nitrogens is 2. The normalized spacial score (nSPS) is 26.7. The van der Waals surface area contributed by atoms with Crippen molar-refractivity contribution in [2.75, 3.05) is 7.11 Å². The Labute approximate surface area is 88.2 Å². The number of fused-ring (bicyclic) bond motifs is 1. The smallest absolute Gasteiger partial charge is 0.270 e. The third-order valence-electron chi connectivity index (χ3n) is 3.80. The molecule has 0 aliphatic heterocycles. The largest absolute Gasteiger partial charge is 0.375 e. The summed E-state index contributed by atoms with van der Waals surface area (Å²) in [6, 6.07) is 0. The van der Waals surface area contributed by atoms with Crippen LogP contribution in [0.4, 0.5) is 0 Å². The van der Waals surface area contributed by atoms with Crippen LogP contribution in [0.15, 0.2) is 4.79 Å². The second-order valence-corrected chi connectivity index (χ2v) is 4.90. The first-order valence-corrected chi connectivity index (χ1v) is 5.53. The molecule has 2 aliphatic carbocycles. The Morgan fingerprint density at radius 2 is 2.27 bits per heavy atom. The first-order valence-electron chi connectivity index (χ1n) is 5.53. The molecule has 1 aromatic heterocycles. The van der Waals surface area contributed by atoms with E-state index in [0.717, 1.165) is 36.9 Å². The topological polar surface area (TPSA) is 47.0 Å². The lowest BCUT2D eigenvalue weighted by Gasteiger charge is -2.11. The fourth-order valence-electron chi connectivity index (χ4n) is 2.44. The molecular weight excluding hydrogens is 192 g/mol. The number of nitrogens with zero attached hydrogens (tertiary/aromatic N) is 1. The zero-order chi connectivity index (χ0) is 10.6. The van der Waals surface area contributed by atoms with Gasteiger partial charge >= 0.3 is 0 Å². The lowest BCUT2D eigenvalue weighted by Crippen LogP contribution is -2.27. The number of rotatable bonds is 2. The van der Waals surface area contributed by atoms with Crippen LogP contribution in [0, 0.1) is 0 Å². The van der Waals surface area contributed by atoms with Crippen molar-refractivity contribution in [3.8, 4) is 0 Å². The molecule has 1 fully saturated rings. The van der Waals surface area contributed by atoms with Gasteiger partial charge in [-0.2, -0.15) is 0 Å². The molecule has 3 rings (SSSR count). The summed E-state index contributed by atoms with van der Waals surface area (Å²) in [5, 5.41) is 3.24. The second-order valence-electron chi connectivity index (χ2n) is 4.90. The van der Waals surface area contributed by atoms with E-state index in [1.54, 1.807) is 7.11 Å². The van der Waals surface area contributed by atoms with Crippen molar-refractivity contribution in [3.63, 3.8) is 0 Å². The number of H-pyrrole nitrogens is 1. The highest BCUT2D eigenvalue weighted by Crippen LogP contribution is 2.42. The molecular formula is C11H16N2O2. The van der Waals surface area contributed by atoms with Crippen LogP contribution < -0.4 is 5.56 Å². The summed E-state index contributed by atoms with van der Waals surface area (Å²) in [6.07, 6.45) is 4.08. The molecule has 1 atom stereocenters. The Morgan fingerprint density at radius 1 is 1.53 bits per heavy atom. The molecule has 1 aromatic rings. The molecule has 0 bridgehead atoms. The maximum absolute atomic E-state index is 12.1. The van der Waals surface area contributed by atoms with Gasteiger partial charge in [0.05, 0.1) is 17.3 Å². The lowest BCUT2D eigenvalue weighted by molar-refractivity contribution is 0.100. The van der Waals surface area contributed by atoms with Gasteiger partial charge in [-0.1, -0.05) is 0 Å². The van der Waals surface area contributed by atoms with Crippen LogP contribution in [0.2, 0.25) is 0 Å². The molecule has 0 aromatic carbocycles. The number of ether oxygens (including phenoxy) is 1. The van der Waals surface area contributed by atoms with E-state index in [-0.39, 0.29) is 17.2 Å². The minimum absolute atomic E-state index is 0.0553. The van der Waals surface area contributed by atoms with Crippen LogP contribution >= 0.6 is 0 Å².